The summed E-state index contributed by atoms with van der Waals surface area (Å²) in [6.07, 6.45) is 4.63. The van der Waals surface area contributed by atoms with Crippen LogP contribution in [0.25, 0.3) is 0 Å². The molecule has 0 aliphatic rings. The van der Waals surface area contributed by atoms with E-state index in [1.807, 2.05) is 0 Å². The molecule has 0 radical (unpaired) electrons. The monoisotopic (exact) mass is 488 g/mol. The molecule has 0 saturated carbocycles. The molecule has 0 aliphatic heterocycles. The molecule has 33 heavy (non-hydrogen) atoms. The summed E-state index contributed by atoms with van der Waals surface area (Å²) in [4.78, 5) is 25.2. The fraction of sp³-hybridized carbons (Fsp3) is 0.143. The number of aromatic nitrogens is 4. The van der Waals surface area contributed by atoms with Crippen molar-refractivity contribution in [1.29, 1.82) is 0 Å². The van der Waals surface area contributed by atoms with Crippen molar-refractivity contribution >= 4 is 40.7 Å². The molecular formula is C21H18Cl2N6O4. The average molecular weight is 489 g/mol. The first-order valence-corrected chi connectivity index (χ1v) is 10.4. The third-order valence-corrected chi connectivity index (χ3v) is 4.95. The topological polar surface area (TPSA) is 116 Å². The van der Waals surface area contributed by atoms with Crippen LogP contribution in [0.15, 0.2) is 59.5 Å². The Bertz CT molecular complexity index is 1280. The van der Waals surface area contributed by atoms with Crippen molar-refractivity contribution in [2.45, 2.75) is 13.3 Å². The van der Waals surface area contributed by atoms with E-state index in [2.05, 4.69) is 20.8 Å². The van der Waals surface area contributed by atoms with E-state index in [1.54, 1.807) is 43.6 Å². The first-order chi connectivity index (χ1) is 15.9. The molecule has 4 aromatic rings. The SMILES string of the molecule is Cn1cc(NC(=O)c2ccn(COc3ccc(Cl)cc3Cl)n2)c(C(=O)NCc2ccco2)n1. The van der Waals surface area contributed by atoms with E-state index >= 15 is 0 Å². The van der Waals surface area contributed by atoms with Gasteiger partial charge in [-0.3, -0.25) is 14.3 Å². The number of halogens is 2. The summed E-state index contributed by atoms with van der Waals surface area (Å²) in [5.41, 5.74) is 0.447. The minimum atomic E-state index is -0.508. The lowest BCUT2D eigenvalue weighted by Crippen LogP contribution is -2.25. The van der Waals surface area contributed by atoms with E-state index < -0.39 is 11.8 Å². The van der Waals surface area contributed by atoms with Crippen molar-refractivity contribution in [3.8, 4) is 5.75 Å². The fourth-order valence-electron chi connectivity index (χ4n) is 2.88. The predicted molar refractivity (Wildman–Crippen MR) is 120 cm³/mol. The predicted octanol–water partition coefficient (Wildman–Crippen LogP) is 3.74. The Balaban J connectivity index is 1.38. The Labute approximate surface area is 198 Å². The van der Waals surface area contributed by atoms with Crippen molar-refractivity contribution in [2.75, 3.05) is 5.32 Å². The number of rotatable bonds is 8. The molecule has 3 heterocycles. The number of furan rings is 1. The quantitative estimate of drug-likeness (QED) is 0.390. The van der Waals surface area contributed by atoms with Gasteiger partial charge in [0.1, 0.15) is 11.5 Å². The zero-order valence-electron chi connectivity index (χ0n) is 17.3. The highest BCUT2D eigenvalue weighted by atomic mass is 35.5. The van der Waals surface area contributed by atoms with Gasteiger partial charge in [-0.25, -0.2) is 4.68 Å². The molecule has 0 saturated heterocycles. The molecule has 0 aliphatic carbocycles. The summed E-state index contributed by atoms with van der Waals surface area (Å²) in [6.45, 7) is 0.222. The molecule has 2 amide bonds. The van der Waals surface area contributed by atoms with Crippen LogP contribution in [0.4, 0.5) is 5.69 Å². The Morgan fingerprint density at radius 3 is 2.76 bits per heavy atom. The van der Waals surface area contributed by atoms with Crippen LogP contribution in [0.2, 0.25) is 10.0 Å². The van der Waals surface area contributed by atoms with Crippen molar-refractivity contribution in [2.24, 2.45) is 7.05 Å². The number of ether oxygens (including phenoxy) is 1. The van der Waals surface area contributed by atoms with Crippen LogP contribution in [0.3, 0.4) is 0 Å². The van der Waals surface area contributed by atoms with E-state index in [1.165, 1.54) is 27.9 Å². The number of benzene rings is 1. The molecule has 1 aromatic carbocycles. The summed E-state index contributed by atoms with van der Waals surface area (Å²) in [5.74, 6) is 0.0630. The molecule has 12 heteroatoms. The van der Waals surface area contributed by atoms with Gasteiger partial charge in [0.2, 0.25) is 0 Å². The first-order valence-electron chi connectivity index (χ1n) is 9.66. The number of amides is 2. The first kappa shape index (κ1) is 22.4. The van der Waals surface area contributed by atoms with Crippen molar-refractivity contribution in [1.82, 2.24) is 24.9 Å². The summed E-state index contributed by atoms with van der Waals surface area (Å²) >= 11 is 12.0. The maximum Gasteiger partial charge on any atom is 0.276 e. The van der Waals surface area contributed by atoms with Crippen molar-refractivity contribution < 1.29 is 18.7 Å². The van der Waals surface area contributed by atoms with Gasteiger partial charge in [0, 0.05) is 24.5 Å². The average Bonchev–Trinajstić information content (AvgIpc) is 3.53. The van der Waals surface area contributed by atoms with Crippen LogP contribution in [0.1, 0.15) is 26.7 Å². The van der Waals surface area contributed by atoms with Crippen LogP contribution in [0, 0.1) is 0 Å². The molecular weight excluding hydrogens is 471 g/mol. The number of nitrogens with zero attached hydrogens (tertiary/aromatic N) is 4. The molecule has 0 fully saturated rings. The lowest BCUT2D eigenvalue weighted by molar-refractivity contribution is 0.0943. The van der Waals surface area contributed by atoms with Crippen LogP contribution in [-0.2, 0) is 20.3 Å². The van der Waals surface area contributed by atoms with Crippen LogP contribution in [0.5, 0.6) is 5.75 Å². The summed E-state index contributed by atoms with van der Waals surface area (Å²) in [6, 6.07) is 9.85. The number of nitrogens with one attached hydrogen (secondary N) is 2. The molecule has 4 rings (SSSR count). The summed E-state index contributed by atoms with van der Waals surface area (Å²) < 4.78 is 13.7. The zero-order valence-corrected chi connectivity index (χ0v) is 18.8. The maximum atomic E-state index is 12.7. The number of carbonyl (C=O) groups is 2. The van der Waals surface area contributed by atoms with E-state index in [0.29, 0.717) is 21.6 Å². The zero-order chi connectivity index (χ0) is 23.4. The van der Waals surface area contributed by atoms with Gasteiger partial charge in [0.05, 0.1) is 23.5 Å². The molecule has 0 spiro atoms. The highest BCUT2D eigenvalue weighted by Gasteiger charge is 2.20. The Kier molecular flexibility index (Phi) is 6.66. The molecule has 2 N–H and O–H groups in total. The van der Waals surface area contributed by atoms with E-state index in [4.69, 9.17) is 32.4 Å². The molecule has 0 unspecified atom stereocenters. The largest absolute Gasteiger partial charge is 0.470 e. The van der Waals surface area contributed by atoms with Gasteiger partial charge in [0.25, 0.3) is 11.8 Å². The lowest BCUT2D eigenvalue weighted by Gasteiger charge is -2.08. The van der Waals surface area contributed by atoms with Crippen LogP contribution in [-0.4, -0.2) is 31.4 Å². The van der Waals surface area contributed by atoms with Crippen molar-refractivity contribution in [3.63, 3.8) is 0 Å². The highest BCUT2D eigenvalue weighted by Crippen LogP contribution is 2.27. The third kappa shape index (κ3) is 5.54. The van der Waals surface area contributed by atoms with Crippen LogP contribution < -0.4 is 15.4 Å². The van der Waals surface area contributed by atoms with Gasteiger partial charge in [-0.15, -0.1) is 0 Å². The van der Waals surface area contributed by atoms with Gasteiger partial charge in [0.15, 0.2) is 18.1 Å². The number of anilines is 1. The molecule has 10 nitrogen and oxygen atoms in total. The maximum absolute atomic E-state index is 12.7. The standard InChI is InChI=1S/C21H18Cl2N6O4/c1-28-11-17(19(27-28)21(31)24-10-14-3-2-8-32-14)25-20(30)16-6-7-29(26-16)12-33-18-5-4-13(22)9-15(18)23/h2-9,11H,10,12H2,1H3,(H,24,31)(H,25,30). The second kappa shape index (κ2) is 9.80. The second-order valence-electron chi connectivity index (χ2n) is 6.87. The summed E-state index contributed by atoms with van der Waals surface area (Å²) in [5, 5.41) is 14.5. The van der Waals surface area contributed by atoms with Crippen LogP contribution >= 0.6 is 23.2 Å². The summed E-state index contributed by atoms with van der Waals surface area (Å²) in [7, 11) is 1.65. The fourth-order valence-corrected chi connectivity index (χ4v) is 3.34. The highest BCUT2D eigenvalue weighted by molar-refractivity contribution is 6.35. The minimum Gasteiger partial charge on any atom is -0.470 e. The second-order valence-corrected chi connectivity index (χ2v) is 7.71. The van der Waals surface area contributed by atoms with Gasteiger partial charge >= 0.3 is 0 Å². The molecule has 3 aromatic heterocycles. The van der Waals surface area contributed by atoms with Gasteiger partial charge in [-0.2, -0.15) is 10.2 Å². The molecule has 0 atom stereocenters. The normalized spacial score (nSPS) is 10.8. The molecule has 0 bridgehead atoms. The third-order valence-electron chi connectivity index (χ3n) is 4.41. The van der Waals surface area contributed by atoms with E-state index in [-0.39, 0.29) is 30.4 Å². The van der Waals surface area contributed by atoms with E-state index in [0.717, 1.165) is 0 Å². The van der Waals surface area contributed by atoms with E-state index in [9.17, 15) is 9.59 Å². The van der Waals surface area contributed by atoms with Gasteiger partial charge in [-0.1, -0.05) is 23.2 Å². The lowest BCUT2D eigenvalue weighted by atomic mass is 10.3. The van der Waals surface area contributed by atoms with Gasteiger partial charge < -0.3 is 19.8 Å². The molecule has 170 valence electrons. The number of hydrogen-bond donors (Lipinski definition) is 2. The Hall–Kier alpha value is -3.76. The Morgan fingerprint density at radius 1 is 1.15 bits per heavy atom. The Morgan fingerprint density at radius 2 is 2.00 bits per heavy atom. The smallest absolute Gasteiger partial charge is 0.276 e. The minimum absolute atomic E-state index is 0.0297. The van der Waals surface area contributed by atoms with Gasteiger partial charge in [-0.05, 0) is 36.4 Å². The number of aryl methyl sites for hydroxylation is 1. The number of hydrogen-bond acceptors (Lipinski definition) is 6. The van der Waals surface area contributed by atoms with Crippen molar-refractivity contribution in [3.05, 3.63) is 82.2 Å². The number of carbonyl (C=O) groups excluding carboxylic acids is 2.